The molecule has 0 N–H and O–H groups in total. The molecule has 0 fully saturated rings. The molecule has 8 aromatic carbocycles. The molecule has 3 heterocycles. The third-order valence-electron chi connectivity index (χ3n) is 11.4. The molecule has 5 heteroatoms. The predicted molar refractivity (Wildman–Crippen MR) is 235 cm³/mol. The Labute approximate surface area is 332 Å². The third kappa shape index (κ3) is 5.10. The van der Waals surface area contributed by atoms with Crippen molar-refractivity contribution in [1.29, 1.82) is 0 Å². The van der Waals surface area contributed by atoms with Crippen molar-refractivity contribution < 1.29 is 4.42 Å². The molecule has 0 bridgehead atoms. The van der Waals surface area contributed by atoms with E-state index in [9.17, 15) is 0 Å². The van der Waals surface area contributed by atoms with Gasteiger partial charge in [0.05, 0.1) is 0 Å². The first kappa shape index (κ1) is 32.1. The van der Waals surface area contributed by atoms with Crippen molar-refractivity contribution in [3.63, 3.8) is 0 Å². The van der Waals surface area contributed by atoms with Crippen molar-refractivity contribution in [2.75, 3.05) is 0 Å². The second-order valence-corrected chi connectivity index (χ2v) is 15.7. The molecule has 57 heavy (non-hydrogen) atoms. The van der Waals surface area contributed by atoms with E-state index < -0.39 is 0 Å². The van der Waals surface area contributed by atoms with E-state index in [1.807, 2.05) is 59.9 Å². The fourth-order valence-corrected chi connectivity index (χ4v) is 10.2. The predicted octanol–water partition coefficient (Wildman–Crippen LogP) is 14.0. The molecule has 0 amide bonds. The van der Waals surface area contributed by atoms with E-state index in [-0.39, 0.29) is 5.92 Å². The lowest BCUT2D eigenvalue weighted by Gasteiger charge is -2.16. The summed E-state index contributed by atoms with van der Waals surface area (Å²) in [7, 11) is 0. The zero-order valence-electron chi connectivity index (χ0n) is 30.6. The monoisotopic (exact) mass is 745 g/mol. The molecule has 0 spiro atoms. The van der Waals surface area contributed by atoms with Crippen molar-refractivity contribution in [3.05, 3.63) is 199 Å². The molecule has 3 aromatic heterocycles. The lowest BCUT2D eigenvalue weighted by molar-refractivity contribution is 0.669. The smallest absolute Gasteiger partial charge is 0.165 e. The number of fused-ring (bicyclic) bond motifs is 9. The summed E-state index contributed by atoms with van der Waals surface area (Å²) in [5.74, 6) is 2.09. The fourth-order valence-electron chi connectivity index (χ4n) is 8.80. The average molecular weight is 746 g/mol. The molecule has 11 aromatic rings. The Morgan fingerprint density at radius 3 is 1.72 bits per heavy atom. The van der Waals surface area contributed by atoms with E-state index in [2.05, 4.69) is 133 Å². The number of hydrogen-bond acceptors (Lipinski definition) is 5. The van der Waals surface area contributed by atoms with Gasteiger partial charge in [0.1, 0.15) is 11.2 Å². The molecule has 0 aliphatic heterocycles. The highest BCUT2D eigenvalue weighted by molar-refractivity contribution is 7.26. The number of aromatic nitrogens is 3. The minimum absolute atomic E-state index is 0.0947. The maximum atomic E-state index is 6.15. The zero-order chi connectivity index (χ0) is 37.5. The van der Waals surface area contributed by atoms with Gasteiger partial charge in [0.2, 0.25) is 0 Å². The Kier molecular flexibility index (Phi) is 7.13. The van der Waals surface area contributed by atoms with Crippen LogP contribution in [-0.2, 0) is 0 Å². The molecular weight excluding hydrogens is 715 g/mol. The quantitative estimate of drug-likeness (QED) is 0.176. The molecule has 4 nitrogen and oxygen atoms in total. The highest BCUT2D eigenvalue weighted by atomic mass is 32.1. The topological polar surface area (TPSA) is 51.8 Å². The largest absolute Gasteiger partial charge is 0.456 e. The molecular formula is C52H31N3OS. The SMILES string of the molecule is c1ccc(-c2nc(-c3ccccc3)nc(-c3cccc4c3sc3c(C5c6ccccc6-c6cc(-c7ccc8oc9ccccc9c8c7)ccc65)cccc34)n2)cc1. The van der Waals surface area contributed by atoms with Gasteiger partial charge in [-0.1, -0.05) is 152 Å². The number of benzene rings is 8. The van der Waals surface area contributed by atoms with E-state index in [0.717, 1.165) is 38.6 Å². The normalized spacial score (nSPS) is 13.4. The Balaban J connectivity index is 1.01. The van der Waals surface area contributed by atoms with Gasteiger partial charge < -0.3 is 4.42 Å². The molecule has 1 unspecified atom stereocenters. The molecule has 1 aliphatic rings. The number of hydrogen-bond donors (Lipinski definition) is 0. The van der Waals surface area contributed by atoms with Crippen LogP contribution >= 0.6 is 11.3 Å². The lowest BCUT2D eigenvalue weighted by atomic mass is 9.88. The Hall–Kier alpha value is -7.21. The van der Waals surface area contributed by atoms with Gasteiger partial charge in [-0.3, -0.25) is 0 Å². The fraction of sp³-hybridized carbons (Fsp3) is 0.0192. The van der Waals surface area contributed by atoms with Gasteiger partial charge in [0.25, 0.3) is 0 Å². The van der Waals surface area contributed by atoms with Crippen molar-refractivity contribution >= 4 is 53.4 Å². The van der Waals surface area contributed by atoms with Gasteiger partial charge in [0.15, 0.2) is 17.5 Å². The number of nitrogens with zero attached hydrogens (tertiary/aromatic N) is 3. The summed E-state index contributed by atoms with van der Waals surface area (Å²) in [5, 5.41) is 4.74. The van der Waals surface area contributed by atoms with Crippen LogP contribution in [0.1, 0.15) is 22.6 Å². The zero-order valence-corrected chi connectivity index (χ0v) is 31.4. The summed E-state index contributed by atoms with van der Waals surface area (Å²) in [6.07, 6.45) is 0. The van der Waals surface area contributed by atoms with E-state index in [0.29, 0.717) is 17.5 Å². The molecule has 0 saturated carbocycles. The van der Waals surface area contributed by atoms with Crippen LogP contribution in [0.3, 0.4) is 0 Å². The molecule has 0 saturated heterocycles. The second kappa shape index (κ2) is 12.7. The van der Waals surface area contributed by atoms with Gasteiger partial charge in [-0.25, -0.2) is 15.0 Å². The number of thiophene rings is 1. The third-order valence-corrected chi connectivity index (χ3v) is 12.7. The Bertz CT molecular complexity index is 3310. The van der Waals surface area contributed by atoms with Crippen LogP contribution in [0.2, 0.25) is 0 Å². The standard InChI is InChI=1S/C52H31N3OS/c1-3-13-31(14-4-1)50-53-51(32-15-5-2-6-16-32)55-52(54-50)42-23-12-21-40-39-20-11-22-41(48(39)57-49(40)42)47-37-19-8-7-17-35(37)43-29-33(25-27-38(43)47)34-26-28-46-44(30-34)36-18-9-10-24-45(36)56-46/h1-30,47H. The highest BCUT2D eigenvalue weighted by Crippen LogP contribution is 2.52. The maximum Gasteiger partial charge on any atom is 0.165 e. The van der Waals surface area contributed by atoms with Crippen LogP contribution in [-0.4, -0.2) is 15.0 Å². The van der Waals surface area contributed by atoms with Crippen LogP contribution < -0.4 is 0 Å². The molecule has 1 atom stereocenters. The Morgan fingerprint density at radius 2 is 0.912 bits per heavy atom. The van der Waals surface area contributed by atoms with Crippen molar-refractivity contribution in [3.8, 4) is 56.4 Å². The summed E-state index contributed by atoms with van der Waals surface area (Å²) in [6.45, 7) is 0. The summed E-state index contributed by atoms with van der Waals surface area (Å²) in [6, 6.07) is 64.5. The lowest BCUT2D eigenvalue weighted by Crippen LogP contribution is -2.00. The first-order chi connectivity index (χ1) is 28.2. The van der Waals surface area contributed by atoms with Gasteiger partial charge in [-0.2, -0.15) is 0 Å². The number of rotatable bonds is 5. The molecule has 0 radical (unpaired) electrons. The highest BCUT2D eigenvalue weighted by Gasteiger charge is 2.32. The Morgan fingerprint density at radius 1 is 0.351 bits per heavy atom. The average Bonchev–Trinajstić information content (AvgIpc) is 3.96. The minimum atomic E-state index is 0.0947. The summed E-state index contributed by atoms with van der Waals surface area (Å²) < 4.78 is 8.62. The van der Waals surface area contributed by atoms with E-state index in [1.54, 1.807) is 0 Å². The van der Waals surface area contributed by atoms with Crippen LogP contribution in [0.5, 0.6) is 0 Å². The molecule has 266 valence electrons. The van der Waals surface area contributed by atoms with E-state index in [4.69, 9.17) is 19.4 Å². The van der Waals surface area contributed by atoms with Crippen LogP contribution in [0.15, 0.2) is 186 Å². The number of furan rings is 1. The van der Waals surface area contributed by atoms with Crippen molar-refractivity contribution in [2.45, 2.75) is 5.92 Å². The van der Waals surface area contributed by atoms with Crippen LogP contribution in [0.25, 0.3) is 98.5 Å². The van der Waals surface area contributed by atoms with Crippen LogP contribution in [0.4, 0.5) is 0 Å². The van der Waals surface area contributed by atoms with Gasteiger partial charge in [-0.15, -0.1) is 11.3 Å². The minimum Gasteiger partial charge on any atom is -0.456 e. The van der Waals surface area contributed by atoms with Gasteiger partial charge >= 0.3 is 0 Å². The summed E-state index contributed by atoms with van der Waals surface area (Å²) >= 11 is 1.84. The van der Waals surface area contributed by atoms with Gasteiger partial charge in [-0.05, 0) is 69.3 Å². The molecule has 12 rings (SSSR count). The summed E-state index contributed by atoms with van der Waals surface area (Å²) in [5.41, 5.74) is 13.7. The van der Waals surface area contributed by atoms with Crippen molar-refractivity contribution in [2.24, 2.45) is 0 Å². The number of para-hydroxylation sites is 1. The van der Waals surface area contributed by atoms with Crippen LogP contribution in [0, 0.1) is 0 Å². The second-order valence-electron chi connectivity index (χ2n) is 14.7. The molecule has 1 aliphatic carbocycles. The first-order valence-corrected chi connectivity index (χ1v) is 20.0. The maximum absolute atomic E-state index is 6.15. The van der Waals surface area contributed by atoms with E-state index >= 15 is 0 Å². The van der Waals surface area contributed by atoms with Gasteiger partial charge in [0, 0.05) is 53.6 Å². The summed E-state index contributed by atoms with van der Waals surface area (Å²) in [4.78, 5) is 15.2. The van der Waals surface area contributed by atoms with Crippen molar-refractivity contribution in [1.82, 2.24) is 15.0 Å². The first-order valence-electron chi connectivity index (χ1n) is 19.2. The van der Waals surface area contributed by atoms with E-state index in [1.165, 1.54) is 59.1 Å².